The molecule has 0 heterocycles. The number of amides is 1. The van der Waals surface area contributed by atoms with Gasteiger partial charge in [0.15, 0.2) is 0 Å². The Hall–Kier alpha value is -2.03. The predicted molar refractivity (Wildman–Crippen MR) is 170 cm³/mol. The van der Waals surface area contributed by atoms with Crippen molar-refractivity contribution in [3.63, 3.8) is 0 Å². The molecule has 1 fully saturated rings. The van der Waals surface area contributed by atoms with Gasteiger partial charge in [-0.3, -0.25) is 4.79 Å². The molecule has 0 spiro atoms. The molecule has 2 rings (SSSR count). The number of hydrogen-bond acceptors (Lipinski definition) is 6. The monoisotopic (exact) mass is 627 g/mol. The smallest absolute Gasteiger partial charge is 0.410 e. The number of esters is 1. The number of hydrogen-bond donors (Lipinski definition) is 0. The van der Waals surface area contributed by atoms with E-state index in [1.807, 2.05) is 45.9 Å². The van der Waals surface area contributed by atoms with Gasteiger partial charge in [0.05, 0.1) is 19.6 Å². The van der Waals surface area contributed by atoms with Crippen molar-refractivity contribution in [3.05, 3.63) is 23.8 Å². The molecule has 9 heteroatoms. The average molecular weight is 628 g/mol. The molecular formula is C34H55F2NO5S. The van der Waals surface area contributed by atoms with Crippen molar-refractivity contribution in [2.45, 2.75) is 141 Å². The van der Waals surface area contributed by atoms with Gasteiger partial charge in [-0.25, -0.2) is 13.6 Å². The molecule has 0 bridgehead atoms. The minimum Gasteiger partial charge on any atom is -0.492 e. The van der Waals surface area contributed by atoms with Gasteiger partial charge in [-0.1, -0.05) is 39.2 Å². The number of ether oxygens (including phenoxy) is 3. The van der Waals surface area contributed by atoms with Crippen molar-refractivity contribution in [2.75, 3.05) is 25.5 Å². The molecule has 0 aromatic heterocycles. The van der Waals surface area contributed by atoms with E-state index in [-0.39, 0.29) is 24.9 Å². The number of aryl methyl sites for hydroxylation is 1. The average Bonchev–Trinajstić information content (AvgIpc) is 2.93. The summed E-state index contributed by atoms with van der Waals surface area (Å²) in [4.78, 5) is 27.9. The Kier molecular flexibility index (Phi) is 16.2. The summed E-state index contributed by atoms with van der Waals surface area (Å²) in [6.07, 6.45) is 6.94. The van der Waals surface area contributed by atoms with Gasteiger partial charge in [0.2, 0.25) is 5.92 Å². The number of thioether (sulfide) groups is 1. The van der Waals surface area contributed by atoms with Gasteiger partial charge in [0.1, 0.15) is 11.4 Å². The highest BCUT2D eigenvalue weighted by Gasteiger charge is 2.39. The molecule has 0 saturated heterocycles. The molecule has 1 aromatic rings. The molecule has 0 N–H and O–H groups in total. The maximum Gasteiger partial charge on any atom is 0.410 e. The van der Waals surface area contributed by atoms with Crippen LogP contribution in [-0.2, 0) is 14.3 Å². The maximum absolute atomic E-state index is 13.7. The number of halogens is 2. The Bertz CT molecular complexity index is 974. The summed E-state index contributed by atoms with van der Waals surface area (Å²) in [6.45, 7) is 13.3. The first-order valence-electron chi connectivity index (χ1n) is 16.2. The minimum atomic E-state index is -2.64. The first kappa shape index (κ1) is 37.2. The van der Waals surface area contributed by atoms with Gasteiger partial charge >= 0.3 is 12.1 Å². The summed E-state index contributed by atoms with van der Waals surface area (Å²) in [6, 6.07) is 5.87. The number of carbonyl (C=O) groups excluding carboxylic acids is 2. The summed E-state index contributed by atoms with van der Waals surface area (Å²) in [5, 5.41) is 0. The summed E-state index contributed by atoms with van der Waals surface area (Å²) >= 11 is 1.60. The van der Waals surface area contributed by atoms with Crippen LogP contribution in [-0.4, -0.2) is 60.0 Å². The number of alkyl halides is 2. The molecule has 1 aliphatic rings. The van der Waals surface area contributed by atoms with Crippen molar-refractivity contribution in [1.29, 1.82) is 0 Å². The van der Waals surface area contributed by atoms with Crippen molar-refractivity contribution < 1.29 is 32.6 Å². The van der Waals surface area contributed by atoms with Crippen LogP contribution in [0.4, 0.5) is 13.6 Å². The lowest BCUT2D eigenvalue weighted by Gasteiger charge is -2.37. The third-order valence-corrected chi connectivity index (χ3v) is 8.80. The Labute approximate surface area is 263 Å². The fourth-order valence-electron chi connectivity index (χ4n) is 5.10. The molecule has 246 valence electrons. The van der Waals surface area contributed by atoms with E-state index >= 15 is 0 Å². The molecular weight excluding hydrogens is 572 g/mol. The highest BCUT2D eigenvalue weighted by atomic mass is 32.2. The van der Waals surface area contributed by atoms with Crippen molar-refractivity contribution in [3.8, 4) is 5.75 Å². The SMILES string of the molecule is CCCC[C@@H](CC)COC(=O)CCSc1ccc(C)cc1OCCCCCN(C(=O)OC(C)(C)C)C1CCC(F)(F)CC1. The summed E-state index contributed by atoms with van der Waals surface area (Å²) in [7, 11) is 0. The zero-order valence-corrected chi connectivity index (χ0v) is 28.2. The molecule has 0 aliphatic heterocycles. The van der Waals surface area contributed by atoms with Crippen LogP contribution >= 0.6 is 11.8 Å². The highest BCUT2D eigenvalue weighted by molar-refractivity contribution is 7.99. The van der Waals surface area contributed by atoms with Crippen LogP contribution in [0.5, 0.6) is 5.75 Å². The van der Waals surface area contributed by atoms with Crippen LogP contribution in [0.1, 0.15) is 117 Å². The predicted octanol–water partition coefficient (Wildman–Crippen LogP) is 9.60. The largest absolute Gasteiger partial charge is 0.492 e. The maximum atomic E-state index is 13.7. The van der Waals surface area contributed by atoms with Crippen LogP contribution in [0.15, 0.2) is 23.1 Å². The van der Waals surface area contributed by atoms with Gasteiger partial charge in [0, 0.05) is 36.1 Å². The van der Waals surface area contributed by atoms with Crippen LogP contribution < -0.4 is 4.74 Å². The molecule has 1 atom stereocenters. The van der Waals surface area contributed by atoms with E-state index in [0.29, 0.717) is 50.7 Å². The second-order valence-corrected chi connectivity index (χ2v) is 14.0. The third-order valence-electron chi connectivity index (χ3n) is 7.74. The zero-order chi connectivity index (χ0) is 31.9. The van der Waals surface area contributed by atoms with Crippen LogP contribution in [0.25, 0.3) is 0 Å². The Balaban J connectivity index is 1.78. The lowest BCUT2D eigenvalue weighted by atomic mass is 9.91. The van der Waals surface area contributed by atoms with Gasteiger partial charge in [0.25, 0.3) is 0 Å². The van der Waals surface area contributed by atoms with E-state index < -0.39 is 17.6 Å². The molecule has 0 unspecified atom stereocenters. The van der Waals surface area contributed by atoms with E-state index in [1.54, 1.807) is 16.7 Å². The van der Waals surface area contributed by atoms with E-state index in [1.165, 1.54) is 0 Å². The fourth-order valence-corrected chi connectivity index (χ4v) is 6.01. The third kappa shape index (κ3) is 15.0. The highest BCUT2D eigenvalue weighted by Crippen LogP contribution is 2.36. The summed E-state index contributed by atoms with van der Waals surface area (Å²) in [5.41, 5.74) is 0.459. The van der Waals surface area contributed by atoms with Crippen molar-refractivity contribution in [2.24, 2.45) is 5.92 Å². The lowest BCUT2D eigenvalue weighted by molar-refractivity contribution is -0.144. The number of unbranched alkanes of at least 4 members (excludes halogenated alkanes) is 3. The molecule has 6 nitrogen and oxygen atoms in total. The van der Waals surface area contributed by atoms with Gasteiger partial charge in [-0.15, -0.1) is 11.8 Å². The van der Waals surface area contributed by atoms with Crippen molar-refractivity contribution in [1.82, 2.24) is 4.90 Å². The Morgan fingerprint density at radius 1 is 1.09 bits per heavy atom. The normalized spacial score (nSPS) is 16.0. The molecule has 1 aliphatic carbocycles. The lowest BCUT2D eigenvalue weighted by Crippen LogP contribution is -2.46. The van der Waals surface area contributed by atoms with Gasteiger partial charge in [-0.05, 0) is 89.8 Å². The molecule has 1 saturated carbocycles. The molecule has 1 amide bonds. The van der Waals surface area contributed by atoms with E-state index in [9.17, 15) is 18.4 Å². The molecule has 43 heavy (non-hydrogen) atoms. The molecule has 0 radical (unpaired) electrons. The summed E-state index contributed by atoms with van der Waals surface area (Å²) < 4.78 is 44.7. The van der Waals surface area contributed by atoms with E-state index in [2.05, 4.69) is 13.8 Å². The summed E-state index contributed by atoms with van der Waals surface area (Å²) in [5.74, 6) is -0.927. The van der Waals surface area contributed by atoms with Crippen LogP contribution in [0, 0.1) is 12.8 Å². The Morgan fingerprint density at radius 3 is 2.47 bits per heavy atom. The zero-order valence-electron chi connectivity index (χ0n) is 27.4. The van der Waals surface area contributed by atoms with Crippen molar-refractivity contribution >= 4 is 23.8 Å². The number of nitrogens with zero attached hydrogens (tertiary/aromatic N) is 1. The first-order chi connectivity index (χ1) is 20.3. The standard InChI is InChI=1S/C34H55F2NO5S/c1-7-9-13-27(8-2)25-41-31(38)18-23-43-30-15-14-26(3)24-29(30)40-22-12-10-11-21-37(32(39)42-33(4,5)6)28-16-19-34(35,36)20-17-28/h14-15,24,27-28H,7-13,16-23,25H2,1-6H3/t27-/m1/s1. The Morgan fingerprint density at radius 2 is 1.81 bits per heavy atom. The van der Waals surface area contributed by atoms with Crippen LogP contribution in [0.3, 0.4) is 0 Å². The number of benzene rings is 1. The second kappa shape index (κ2) is 18.7. The van der Waals surface area contributed by atoms with Gasteiger partial charge < -0.3 is 19.1 Å². The van der Waals surface area contributed by atoms with Gasteiger partial charge in [-0.2, -0.15) is 0 Å². The van der Waals surface area contributed by atoms with E-state index in [0.717, 1.165) is 61.2 Å². The number of rotatable bonds is 18. The van der Waals surface area contributed by atoms with Crippen LogP contribution in [0.2, 0.25) is 0 Å². The second-order valence-electron chi connectivity index (χ2n) is 12.8. The first-order valence-corrected chi connectivity index (χ1v) is 17.2. The van der Waals surface area contributed by atoms with E-state index in [4.69, 9.17) is 14.2 Å². The minimum absolute atomic E-state index is 0.153. The number of carbonyl (C=O) groups is 2. The fraction of sp³-hybridized carbons (Fsp3) is 0.765. The quantitative estimate of drug-likeness (QED) is 0.0917. The topological polar surface area (TPSA) is 65.1 Å². The molecule has 1 aromatic carbocycles.